The van der Waals surface area contributed by atoms with E-state index in [2.05, 4.69) is 16.8 Å². The van der Waals surface area contributed by atoms with Crippen molar-refractivity contribution in [2.75, 3.05) is 40.0 Å². The minimum Gasteiger partial charge on any atom is -0.493 e. The topological polar surface area (TPSA) is 80.3 Å². The second-order valence-electron chi connectivity index (χ2n) is 10.3. The molecule has 2 aromatic rings. The van der Waals surface area contributed by atoms with Crippen LogP contribution in [-0.2, 0) is 16.0 Å². The zero-order valence-corrected chi connectivity index (χ0v) is 22.4. The molecule has 2 aliphatic heterocycles. The molecule has 3 amide bonds. The van der Waals surface area contributed by atoms with Gasteiger partial charge in [0.25, 0.3) is 0 Å². The molecule has 0 aliphatic carbocycles. The summed E-state index contributed by atoms with van der Waals surface area (Å²) >= 11 is 1.71. The summed E-state index contributed by atoms with van der Waals surface area (Å²) in [6.07, 6.45) is 2.62. The lowest BCUT2D eigenvalue weighted by atomic mass is 10.0. The van der Waals surface area contributed by atoms with Crippen molar-refractivity contribution in [3.63, 3.8) is 0 Å². The van der Waals surface area contributed by atoms with E-state index in [1.54, 1.807) is 23.3 Å². The number of thiophene rings is 1. The summed E-state index contributed by atoms with van der Waals surface area (Å²) in [4.78, 5) is 31.6. The zero-order valence-electron chi connectivity index (χ0n) is 21.6. The predicted octanol–water partition coefficient (Wildman–Crippen LogP) is 4.25. The number of hydrogen-bond acceptors (Lipinski definition) is 6. The molecule has 0 bridgehead atoms. The Hall–Kier alpha value is -2.78. The highest BCUT2D eigenvalue weighted by atomic mass is 32.1. The van der Waals surface area contributed by atoms with Gasteiger partial charge in [-0.25, -0.2) is 4.79 Å². The van der Waals surface area contributed by atoms with Gasteiger partial charge < -0.3 is 29.3 Å². The lowest BCUT2D eigenvalue weighted by Gasteiger charge is -2.37. The number of nitrogens with zero attached hydrogens (tertiary/aromatic N) is 2. The highest BCUT2D eigenvalue weighted by molar-refractivity contribution is 7.10. The molecule has 36 heavy (non-hydrogen) atoms. The van der Waals surface area contributed by atoms with Crippen LogP contribution in [0, 0.1) is 0 Å². The number of carbonyl (C=O) groups is 2. The normalized spacial score (nSPS) is 19.5. The monoisotopic (exact) mass is 515 g/mol. The van der Waals surface area contributed by atoms with Crippen molar-refractivity contribution in [3.05, 3.63) is 46.2 Å². The summed E-state index contributed by atoms with van der Waals surface area (Å²) in [7, 11) is 1.61. The Bertz CT molecular complexity index is 1040. The Labute approximate surface area is 217 Å². The third-order valence-corrected chi connectivity index (χ3v) is 7.42. The van der Waals surface area contributed by atoms with Gasteiger partial charge in [0.2, 0.25) is 5.91 Å². The van der Waals surface area contributed by atoms with Gasteiger partial charge in [0.15, 0.2) is 11.5 Å². The Morgan fingerprint density at radius 1 is 1.22 bits per heavy atom. The molecule has 1 saturated heterocycles. The van der Waals surface area contributed by atoms with Crippen LogP contribution < -0.4 is 14.8 Å². The van der Waals surface area contributed by atoms with E-state index in [1.807, 2.05) is 49.9 Å². The molecule has 196 valence electrons. The van der Waals surface area contributed by atoms with Crippen molar-refractivity contribution >= 4 is 23.3 Å². The van der Waals surface area contributed by atoms with Gasteiger partial charge in [0.1, 0.15) is 13.2 Å². The summed E-state index contributed by atoms with van der Waals surface area (Å²) in [6, 6.07) is 9.09. The minimum atomic E-state index is -0.406. The highest BCUT2D eigenvalue weighted by Crippen LogP contribution is 2.35. The van der Waals surface area contributed by atoms with Gasteiger partial charge in [-0.3, -0.25) is 4.79 Å². The lowest BCUT2D eigenvalue weighted by molar-refractivity contribution is -0.135. The van der Waals surface area contributed by atoms with Crippen LogP contribution in [0.25, 0.3) is 0 Å². The van der Waals surface area contributed by atoms with E-state index in [0.717, 1.165) is 24.8 Å². The Morgan fingerprint density at radius 3 is 2.69 bits per heavy atom. The number of urea groups is 1. The molecule has 2 aliphatic rings. The van der Waals surface area contributed by atoms with Crippen molar-refractivity contribution in [2.24, 2.45) is 0 Å². The van der Waals surface area contributed by atoms with E-state index < -0.39 is 5.54 Å². The maximum Gasteiger partial charge on any atom is 0.318 e. The van der Waals surface area contributed by atoms with Crippen LogP contribution >= 0.6 is 11.3 Å². The van der Waals surface area contributed by atoms with E-state index in [1.165, 1.54) is 4.88 Å². The van der Waals surface area contributed by atoms with Gasteiger partial charge in [-0.15, -0.1) is 11.3 Å². The van der Waals surface area contributed by atoms with E-state index in [9.17, 15) is 9.59 Å². The first-order chi connectivity index (χ1) is 17.2. The van der Waals surface area contributed by atoms with Crippen molar-refractivity contribution in [1.82, 2.24) is 15.1 Å². The van der Waals surface area contributed by atoms with Gasteiger partial charge in [-0.1, -0.05) is 12.1 Å². The number of para-hydroxylation sites is 2. The van der Waals surface area contributed by atoms with E-state index in [4.69, 9.17) is 14.2 Å². The average Bonchev–Trinajstić information content (AvgIpc) is 3.53. The van der Waals surface area contributed by atoms with Gasteiger partial charge in [-0.05, 0) is 69.2 Å². The number of rotatable bonds is 8. The Morgan fingerprint density at radius 2 is 2.00 bits per heavy atom. The first-order valence-corrected chi connectivity index (χ1v) is 13.4. The van der Waals surface area contributed by atoms with Crippen molar-refractivity contribution in [1.29, 1.82) is 0 Å². The Kier molecular flexibility index (Phi) is 8.41. The van der Waals surface area contributed by atoms with E-state index in [-0.39, 0.29) is 30.6 Å². The molecule has 0 spiro atoms. The largest absolute Gasteiger partial charge is 0.493 e. The molecule has 1 aromatic carbocycles. The molecular formula is C27H37N3O5S. The first-order valence-electron chi connectivity index (χ1n) is 12.6. The second kappa shape index (κ2) is 11.5. The summed E-state index contributed by atoms with van der Waals surface area (Å²) in [5.74, 6) is 1.19. The van der Waals surface area contributed by atoms with Gasteiger partial charge in [0.05, 0.1) is 19.3 Å². The number of fused-ring (bicyclic) bond motifs is 1. The summed E-state index contributed by atoms with van der Waals surface area (Å²) in [6.45, 7) is 7.78. The molecule has 2 unspecified atom stereocenters. The number of carbonyl (C=O) groups excluding carboxylic acids is 2. The van der Waals surface area contributed by atoms with E-state index in [0.29, 0.717) is 37.8 Å². The molecule has 3 heterocycles. The molecule has 2 atom stereocenters. The third-order valence-electron chi connectivity index (χ3n) is 6.42. The quantitative estimate of drug-likeness (QED) is 0.569. The van der Waals surface area contributed by atoms with Crippen LogP contribution in [0.1, 0.15) is 50.1 Å². The second-order valence-corrected chi connectivity index (χ2v) is 11.3. The minimum absolute atomic E-state index is 0.00754. The van der Waals surface area contributed by atoms with Crippen LogP contribution in [0.5, 0.6) is 11.5 Å². The average molecular weight is 516 g/mol. The predicted molar refractivity (Wildman–Crippen MR) is 140 cm³/mol. The number of hydrogen-bond donors (Lipinski definition) is 1. The molecule has 0 saturated carbocycles. The van der Waals surface area contributed by atoms with Crippen LogP contribution in [0.3, 0.4) is 0 Å². The number of amides is 3. The molecule has 1 fully saturated rings. The van der Waals surface area contributed by atoms with Crippen LogP contribution in [-0.4, -0.2) is 73.3 Å². The number of methoxy groups -OCH3 is 1. The molecule has 8 nitrogen and oxygen atoms in total. The van der Waals surface area contributed by atoms with E-state index >= 15 is 0 Å². The lowest BCUT2D eigenvalue weighted by Crippen LogP contribution is -2.54. The molecule has 1 N–H and O–H groups in total. The number of nitrogens with one attached hydrogen (secondary N) is 1. The molecule has 0 radical (unpaired) electrons. The molecular weight excluding hydrogens is 478 g/mol. The van der Waals surface area contributed by atoms with Crippen molar-refractivity contribution in [3.8, 4) is 11.5 Å². The smallest absolute Gasteiger partial charge is 0.318 e. The summed E-state index contributed by atoms with van der Waals surface area (Å²) < 4.78 is 17.4. The van der Waals surface area contributed by atoms with Gasteiger partial charge in [0, 0.05) is 30.1 Å². The highest BCUT2D eigenvalue weighted by Gasteiger charge is 2.35. The van der Waals surface area contributed by atoms with Crippen molar-refractivity contribution in [2.45, 2.75) is 57.7 Å². The zero-order chi connectivity index (χ0) is 25.7. The van der Waals surface area contributed by atoms with Gasteiger partial charge >= 0.3 is 6.03 Å². The fourth-order valence-electron chi connectivity index (χ4n) is 4.69. The number of ether oxygens (including phenoxy) is 3. The molecule has 1 aromatic heterocycles. The Balaban J connectivity index is 1.51. The summed E-state index contributed by atoms with van der Waals surface area (Å²) in [5.41, 5.74) is 0.704. The fraction of sp³-hybridized carbons (Fsp3) is 0.556. The maximum atomic E-state index is 13.7. The summed E-state index contributed by atoms with van der Waals surface area (Å²) in [5, 5.41) is 5.07. The van der Waals surface area contributed by atoms with Crippen LogP contribution in [0.4, 0.5) is 4.79 Å². The number of benzene rings is 1. The molecule has 9 heteroatoms. The first kappa shape index (κ1) is 26.3. The SMILES string of the molecule is COc1ccccc1OCC1c2ccsc2CCN1C(=O)CN(CC1CCCO1)C(=O)NC(C)(C)C. The maximum absolute atomic E-state index is 13.7. The standard InChI is InChI=1S/C27H37N3O5S/c1-27(2,3)28-26(32)29(16-19-8-7-14-34-19)17-25(31)30-13-11-24-20(12-15-36-24)21(30)18-35-23-10-6-5-9-22(23)33-4/h5-6,9-10,12,15,19,21H,7-8,11,13-14,16-18H2,1-4H3,(H,28,32). The van der Waals surface area contributed by atoms with Gasteiger partial charge in [-0.2, -0.15) is 0 Å². The molecule has 4 rings (SSSR count). The third kappa shape index (κ3) is 6.50. The fourth-order valence-corrected chi connectivity index (χ4v) is 5.62. The van der Waals surface area contributed by atoms with Crippen molar-refractivity contribution < 1.29 is 23.8 Å². The van der Waals surface area contributed by atoms with Crippen LogP contribution in [0.15, 0.2) is 35.7 Å². The van der Waals surface area contributed by atoms with Crippen LogP contribution in [0.2, 0.25) is 0 Å².